The molecule has 0 heterocycles. The van der Waals surface area contributed by atoms with Crippen LogP contribution in [0.1, 0.15) is 66.7 Å². The van der Waals surface area contributed by atoms with E-state index in [-0.39, 0.29) is 0 Å². The fraction of sp³-hybridized carbons (Fsp3) is 0.833. The molecule has 0 aliphatic heterocycles. The quantitative estimate of drug-likeness (QED) is 0.524. The van der Waals surface area contributed by atoms with Crippen LogP contribution in [0.5, 0.6) is 0 Å². The molecule has 0 aromatic carbocycles. The molecule has 0 nitrogen and oxygen atoms in total. The van der Waals surface area contributed by atoms with Gasteiger partial charge in [-0.25, -0.2) is 0 Å². The molecule has 0 N–H and O–H groups in total. The van der Waals surface area contributed by atoms with Crippen LogP contribution in [-0.2, 0) is 0 Å². The molecular formula is C12H26. The van der Waals surface area contributed by atoms with Crippen LogP contribution in [0, 0.1) is 0 Å². The van der Waals surface area contributed by atoms with E-state index in [2.05, 4.69) is 40.7 Å². The van der Waals surface area contributed by atoms with Crippen LogP contribution in [0.15, 0.2) is 11.6 Å². The lowest BCUT2D eigenvalue weighted by molar-refractivity contribution is 0.772. The summed E-state index contributed by atoms with van der Waals surface area (Å²) in [6.07, 6.45) is 8.78. The second kappa shape index (κ2) is 13.3. The van der Waals surface area contributed by atoms with Crippen molar-refractivity contribution in [2.45, 2.75) is 66.7 Å². The van der Waals surface area contributed by atoms with Crippen molar-refractivity contribution in [3.05, 3.63) is 11.6 Å². The summed E-state index contributed by atoms with van der Waals surface area (Å²) in [5.41, 5.74) is 1.50. The van der Waals surface area contributed by atoms with E-state index in [0.29, 0.717) is 0 Å². The van der Waals surface area contributed by atoms with Crippen LogP contribution in [0.4, 0.5) is 0 Å². The number of allylic oxidation sites excluding steroid dienone is 2. The van der Waals surface area contributed by atoms with Gasteiger partial charge in [-0.1, -0.05) is 58.1 Å². The molecule has 12 heavy (non-hydrogen) atoms. The summed E-state index contributed by atoms with van der Waals surface area (Å²) in [5.74, 6) is 0. The fourth-order valence-corrected chi connectivity index (χ4v) is 0.892. The van der Waals surface area contributed by atoms with Gasteiger partial charge in [0, 0.05) is 0 Å². The van der Waals surface area contributed by atoms with E-state index >= 15 is 0 Å². The molecule has 0 amide bonds. The van der Waals surface area contributed by atoms with Crippen LogP contribution in [0.3, 0.4) is 0 Å². The van der Waals surface area contributed by atoms with Gasteiger partial charge >= 0.3 is 0 Å². The molecule has 0 aromatic rings. The Bertz CT molecular complexity index is 88.2. The lowest BCUT2D eigenvalue weighted by atomic mass is 10.2. The smallest absolute Gasteiger partial charge is 0.0326 e. The molecule has 0 rings (SSSR count). The van der Waals surface area contributed by atoms with E-state index in [9.17, 15) is 0 Å². The van der Waals surface area contributed by atoms with E-state index in [0.717, 1.165) is 0 Å². The van der Waals surface area contributed by atoms with Crippen molar-refractivity contribution in [2.24, 2.45) is 0 Å². The standard InChI is InChI=1S/C7H14.C5H12/c1-4-6-7(3)5-2;1-3-5-4-2/h5H,4,6H2,1-3H3;3-5H2,1-2H3/b7-5+;. The first-order valence-corrected chi connectivity index (χ1v) is 5.34. The molecule has 0 spiro atoms. The molecule has 74 valence electrons. The Labute approximate surface area is 79.1 Å². The Morgan fingerprint density at radius 3 is 1.58 bits per heavy atom. The first-order chi connectivity index (χ1) is 5.72. The first-order valence-electron chi connectivity index (χ1n) is 5.34. The summed E-state index contributed by atoms with van der Waals surface area (Å²) in [6, 6.07) is 0. The van der Waals surface area contributed by atoms with Crippen molar-refractivity contribution in [3.63, 3.8) is 0 Å². The molecule has 0 unspecified atom stereocenters. The van der Waals surface area contributed by atoms with E-state index in [4.69, 9.17) is 0 Å². The summed E-state index contributed by atoms with van der Waals surface area (Å²) >= 11 is 0. The highest BCUT2D eigenvalue weighted by atomic mass is 13.9. The highest BCUT2D eigenvalue weighted by Crippen LogP contribution is 2.00. The molecule has 0 saturated carbocycles. The lowest BCUT2D eigenvalue weighted by Gasteiger charge is -1.91. The molecule has 0 aliphatic carbocycles. The van der Waals surface area contributed by atoms with Crippen molar-refractivity contribution in [1.82, 2.24) is 0 Å². The summed E-state index contributed by atoms with van der Waals surface area (Å²) < 4.78 is 0. The van der Waals surface area contributed by atoms with Crippen molar-refractivity contribution < 1.29 is 0 Å². The first kappa shape index (κ1) is 14.3. The van der Waals surface area contributed by atoms with Gasteiger partial charge in [0.25, 0.3) is 0 Å². The van der Waals surface area contributed by atoms with Crippen LogP contribution in [-0.4, -0.2) is 0 Å². The van der Waals surface area contributed by atoms with Gasteiger partial charge in [0.15, 0.2) is 0 Å². The minimum absolute atomic E-state index is 1.26. The van der Waals surface area contributed by atoms with E-state index in [1.807, 2.05) is 0 Å². The van der Waals surface area contributed by atoms with Crippen molar-refractivity contribution in [3.8, 4) is 0 Å². The Balaban J connectivity index is 0. The van der Waals surface area contributed by atoms with Gasteiger partial charge in [0.2, 0.25) is 0 Å². The van der Waals surface area contributed by atoms with Crippen molar-refractivity contribution >= 4 is 0 Å². The Kier molecular flexibility index (Phi) is 15.9. The second-order valence-corrected chi connectivity index (χ2v) is 3.24. The maximum atomic E-state index is 2.21. The monoisotopic (exact) mass is 170 g/mol. The SMILES string of the molecule is C/C=C(\C)CCC.CCCCC. The lowest BCUT2D eigenvalue weighted by Crippen LogP contribution is -1.70. The predicted molar refractivity (Wildman–Crippen MR) is 59.5 cm³/mol. The highest BCUT2D eigenvalue weighted by molar-refractivity contribution is 4.94. The topological polar surface area (TPSA) is 0 Å². The number of hydrogen-bond donors (Lipinski definition) is 0. The minimum Gasteiger partial charge on any atom is -0.0887 e. The van der Waals surface area contributed by atoms with Crippen LogP contribution in [0.25, 0.3) is 0 Å². The molecule has 0 aliphatic rings. The summed E-state index contributed by atoms with van der Waals surface area (Å²) in [7, 11) is 0. The van der Waals surface area contributed by atoms with Crippen molar-refractivity contribution in [2.75, 3.05) is 0 Å². The Hall–Kier alpha value is -0.260. The maximum absolute atomic E-state index is 2.21. The number of unbranched alkanes of at least 4 members (excludes halogenated alkanes) is 2. The maximum Gasteiger partial charge on any atom is -0.0326 e. The molecule has 0 radical (unpaired) electrons. The largest absolute Gasteiger partial charge is 0.0887 e. The molecule has 0 heteroatoms. The summed E-state index contributed by atoms with van der Waals surface area (Å²) in [5, 5.41) is 0. The zero-order valence-electron chi connectivity index (χ0n) is 9.61. The van der Waals surface area contributed by atoms with E-state index in [1.165, 1.54) is 37.7 Å². The molecule has 0 bridgehead atoms. The van der Waals surface area contributed by atoms with Gasteiger partial charge in [-0.05, 0) is 20.3 Å². The average Bonchev–Trinajstić information content (AvgIpc) is 2.07. The third-order valence-corrected chi connectivity index (χ3v) is 1.84. The molecule has 0 atom stereocenters. The number of hydrogen-bond acceptors (Lipinski definition) is 0. The van der Waals surface area contributed by atoms with Gasteiger partial charge in [-0.2, -0.15) is 0 Å². The highest BCUT2D eigenvalue weighted by Gasteiger charge is 1.79. The second-order valence-electron chi connectivity index (χ2n) is 3.24. The zero-order chi connectivity index (χ0) is 9.82. The molecule has 0 aromatic heterocycles. The van der Waals surface area contributed by atoms with Gasteiger partial charge in [-0.3, -0.25) is 0 Å². The van der Waals surface area contributed by atoms with Gasteiger partial charge in [-0.15, -0.1) is 0 Å². The van der Waals surface area contributed by atoms with Crippen LogP contribution in [0.2, 0.25) is 0 Å². The third kappa shape index (κ3) is 16.4. The molecule has 0 fully saturated rings. The molecule has 0 saturated heterocycles. The summed E-state index contributed by atoms with van der Waals surface area (Å²) in [4.78, 5) is 0. The normalized spacial score (nSPS) is 10.6. The Morgan fingerprint density at radius 2 is 1.50 bits per heavy atom. The minimum atomic E-state index is 1.26. The molecular weight excluding hydrogens is 144 g/mol. The average molecular weight is 170 g/mol. The van der Waals surface area contributed by atoms with Gasteiger partial charge in [0.1, 0.15) is 0 Å². The number of rotatable bonds is 4. The summed E-state index contributed by atoms with van der Waals surface area (Å²) in [6.45, 7) is 10.9. The zero-order valence-corrected chi connectivity index (χ0v) is 9.61. The van der Waals surface area contributed by atoms with Crippen LogP contribution < -0.4 is 0 Å². The third-order valence-electron chi connectivity index (χ3n) is 1.84. The Morgan fingerprint density at radius 1 is 1.00 bits per heavy atom. The van der Waals surface area contributed by atoms with E-state index in [1.54, 1.807) is 0 Å². The fourth-order valence-electron chi connectivity index (χ4n) is 0.892. The van der Waals surface area contributed by atoms with Crippen LogP contribution >= 0.6 is 0 Å². The van der Waals surface area contributed by atoms with Gasteiger partial charge < -0.3 is 0 Å². The van der Waals surface area contributed by atoms with Crippen molar-refractivity contribution in [1.29, 1.82) is 0 Å². The van der Waals surface area contributed by atoms with E-state index < -0.39 is 0 Å². The predicted octanol–water partition coefficient (Wildman–Crippen LogP) is 4.95. The van der Waals surface area contributed by atoms with Gasteiger partial charge in [0.05, 0.1) is 0 Å².